The standard InChI is InChI=1S/C16H17N3O2/c1-3-8-14(11-17)18-12-13(4-2)19-16(20)21-15-9-6-5-7-10-15/h4-10,12H,3H2,1-2H3,(H,19,20)/b13-4+,14-8+,18-12+. The van der Waals surface area contributed by atoms with Gasteiger partial charge in [0.05, 0.1) is 11.9 Å². The van der Waals surface area contributed by atoms with Gasteiger partial charge in [0.15, 0.2) is 0 Å². The highest BCUT2D eigenvalue weighted by Gasteiger charge is 2.05. The van der Waals surface area contributed by atoms with Gasteiger partial charge in [0.2, 0.25) is 0 Å². The number of ether oxygens (including phenoxy) is 1. The topological polar surface area (TPSA) is 74.5 Å². The first-order valence-corrected chi connectivity index (χ1v) is 6.54. The van der Waals surface area contributed by atoms with Gasteiger partial charge in [-0.15, -0.1) is 0 Å². The number of nitriles is 1. The van der Waals surface area contributed by atoms with Crippen LogP contribution in [-0.2, 0) is 0 Å². The minimum atomic E-state index is -0.612. The van der Waals surface area contributed by atoms with Crippen LogP contribution < -0.4 is 10.1 Å². The normalized spacial score (nSPS) is 12.0. The molecule has 5 nitrogen and oxygen atoms in total. The number of allylic oxidation sites excluding steroid dienone is 4. The van der Waals surface area contributed by atoms with E-state index in [0.717, 1.165) is 6.42 Å². The lowest BCUT2D eigenvalue weighted by molar-refractivity contribution is 0.204. The van der Waals surface area contributed by atoms with Crippen LogP contribution in [0.4, 0.5) is 4.79 Å². The zero-order valence-corrected chi connectivity index (χ0v) is 12.0. The molecule has 0 fully saturated rings. The van der Waals surface area contributed by atoms with E-state index in [1.807, 2.05) is 19.1 Å². The molecular weight excluding hydrogens is 266 g/mol. The van der Waals surface area contributed by atoms with Crippen LogP contribution in [0, 0.1) is 11.3 Å². The van der Waals surface area contributed by atoms with E-state index in [1.165, 1.54) is 6.21 Å². The van der Waals surface area contributed by atoms with E-state index in [-0.39, 0.29) is 0 Å². The summed E-state index contributed by atoms with van der Waals surface area (Å²) < 4.78 is 5.10. The van der Waals surface area contributed by atoms with Gasteiger partial charge in [-0.05, 0) is 31.6 Å². The maximum atomic E-state index is 11.7. The van der Waals surface area contributed by atoms with Crippen molar-refractivity contribution in [2.45, 2.75) is 20.3 Å². The summed E-state index contributed by atoms with van der Waals surface area (Å²) in [6.07, 6.45) is 4.88. The van der Waals surface area contributed by atoms with Crippen LogP contribution in [0.1, 0.15) is 20.3 Å². The quantitative estimate of drug-likeness (QED) is 0.663. The Balaban J connectivity index is 2.63. The average molecular weight is 283 g/mol. The number of hydrogen-bond acceptors (Lipinski definition) is 4. The largest absolute Gasteiger partial charge is 0.417 e. The van der Waals surface area contributed by atoms with Crippen LogP contribution in [0.2, 0.25) is 0 Å². The molecule has 0 aromatic heterocycles. The number of nitrogens with one attached hydrogen (secondary N) is 1. The van der Waals surface area contributed by atoms with Crippen LogP contribution in [0.5, 0.6) is 5.75 Å². The number of benzene rings is 1. The van der Waals surface area contributed by atoms with Gasteiger partial charge in [0.1, 0.15) is 17.5 Å². The Morgan fingerprint density at radius 2 is 2.14 bits per heavy atom. The Morgan fingerprint density at radius 3 is 2.71 bits per heavy atom. The van der Waals surface area contributed by atoms with Gasteiger partial charge in [-0.2, -0.15) is 5.26 Å². The molecule has 0 heterocycles. The predicted molar refractivity (Wildman–Crippen MR) is 81.8 cm³/mol. The SMILES string of the molecule is C\C=C(/C=N/C(C#N)=C/CC)NC(=O)Oc1ccccc1. The molecule has 1 aromatic carbocycles. The summed E-state index contributed by atoms with van der Waals surface area (Å²) in [6, 6.07) is 10.7. The molecule has 0 unspecified atom stereocenters. The molecule has 0 atom stereocenters. The Hall–Kier alpha value is -2.87. The maximum absolute atomic E-state index is 11.7. The van der Waals surface area contributed by atoms with Crippen LogP contribution in [-0.4, -0.2) is 12.3 Å². The molecule has 1 aromatic rings. The Bertz CT molecular complexity index is 596. The van der Waals surface area contributed by atoms with Crippen molar-refractivity contribution in [1.29, 1.82) is 5.26 Å². The molecule has 1 rings (SSSR count). The second kappa shape index (κ2) is 9.10. The lowest BCUT2D eigenvalue weighted by Gasteiger charge is -2.06. The summed E-state index contributed by atoms with van der Waals surface area (Å²) in [5.74, 6) is 0.450. The number of carbonyl (C=O) groups is 1. The third-order valence-electron chi connectivity index (χ3n) is 2.37. The maximum Gasteiger partial charge on any atom is 0.417 e. The Labute approximate surface area is 124 Å². The van der Waals surface area contributed by atoms with Gasteiger partial charge in [-0.1, -0.05) is 31.2 Å². The lowest BCUT2D eigenvalue weighted by Crippen LogP contribution is -2.26. The van der Waals surface area contributed by atoms with Gasteiger partial charge in [-0.25, -0.2) is 9.79 Å². The minimum Gasteiger partial charge on any atom is -0.410 e. The van der Waals surface area contributed by atoms with Gasteiger partial charge >= 0.3 is 6.09 Å². The van der Waals surface area contributed by atoms with Crippen LogP contribution in [0.3, 0.4) is 0 Å². The van der Waals surface area contributed by atoms with Crippen molar-refractivity contribution in [3.63, 3.8) is 0 Å². The van der Waals surface area contributed by atoms with Crippen LogP contribution in [0.25, 0.3) is 0 Å². The van der Waals surface area contributed by atoms with Gasteiger partial charge in [0, 0.05) is 0 Å². The number of nitrogens with zero attached hydrogens (tertiary/aromatic N) is 2. The fourth-order valence-corrected chi connectivity index (χ4v) is 1.38. The Morgan fingerprint density at radius 1 is 1.43 bits per heavy atom. The number of para-hydroxylation sites is 1. The second-order valence-corrected chi connectivity index (χ2v) is 3.94. The van der Waals surface area contributed by atoms with Crippen molar-refractivity contribution in [1.82, 2.24) is 5.32 Å². The molecule has 0 radical (unpaired) electrons. The summed E-state index contributed by atoms with van der Waals surface area (Å²) >= 11 is 0. The molecule has 21 heavy (non-hydrogen) atoms. The van der Waals surface area contributed by atoms with Crippen molar-refractivity contribution >= 4 is 12.3 Å². The van der Waals surface area contributed by atoms with Gasteiger partial charge in [-0.3, -0.25) is 5.32 Å². The molecule has 0 aliphatic rings. The molecule has 108 valence electrons. The van der Waals surface area contributed by atoms with Gasteiger partial charge < -0.3 is 4.74 Å². The number of aliphatic imine (C=N–C) groups is 1. The van der Waals surface area contributed by atoms with Crippen molar-refractivity contribution in [3.8, 4) is 11.8 Å². The first-order chi connectivity index (χ1) is 10.2. The molecule has 1 amide bonds. The zero-order valence-electron chi connectivity index (χ0n) is 12.0. The first kappa shape index (κ1) is 16.2. The highest BCUT2D eigenvalue weighted by Crippen LogP contribution is 2.08. The number of amides is 1. The summed E-state index contributed by atoms with van der Waals surface area (Å²) in [4.78, 5) is 15.7. The molecule has 0 aliphatic carbocycles. The molecule has 0 bridgehead atoms. The molecule has 5 heteroatoms. The van der Waals surface area contributed by atoms with E-state index in [9.17, 15) is 4.79 Å². The molecule has 0 aliphatic heterocycles. The van der Waals surface area contributed by atoms with E-state index >= 15 is 0 Å². The first-order valence-electron chi connectivity index (χ1n) is 6.54. The van der Waals surface area contributed by atoms with E-state index < -0.39 is 6.09 Å². The zero-order chi connectivity index (χ0) is 15.5. The highest BCUT2D eigenvalue weighted by atomic mass is 16.6. The van der Waals surface area contributed by atoms with Crippen molar-refractivity contribution in [2.75, 3.05) is 0 Å². The average Bonchev–Trinajstić information content (AvgIpc) is 2.50. The number of carbonyl (C=O) groups excluding carboxylic acids is 1. The summed E-state index contributed by atoms with van der Waals surface area (Å²) in [7, 11) is 0. The number of hydrogen-bond donors (Lipinski definition) is 1. The minimum absolute atomic E-state index is 0.301. The van der Waals surface area contributed by atoms with Crippen molar-refractivity contribution in [2.24, 2.45) is 4.99 Å². The smallest absolute Gasteiger partial charge is 0.410 e. The summed E-state index contributed by atoms with van der Waals surface area (Å²) in [6.45, 7) is 3.67. The van der Waals surface area contributed by atoms with E-state index in [2.05, 4.69) is 10.3 Å². The summed E-state index contributed by atoms with van der Waals surface area (Å²) in [5.41, 5.74) is 0.753. The van der Waals surface area contributed by atoms with Gasteiger partial charge in [0.25, 0.3) is 0 Å². The molecule has 0 spiro atoms. The highest BCUT2D eigenvalue weighted by molar-refractivity contribution is 5.86. The molecule has 1 N–H and O–H groups in total. The van der Waals surface area contributed by atoms with Crippen LogP contribution in [0.15, 0.2) is 58.9 Å². The van der Waals surface area contributed by atoms with E-state index in [0.29, 0.717) is 17.1 Å². The fourth-order valence-electron chi connectivity index (χ4n) is 1.38. The Kier molecular flexibility index (Phi) is 7.01. The molecule has 0 saturated carbocycles. The van der Waals surface area contributed by atoms with E-state index in [1.54, 1.807) is 43.3 Å². The predicted octanol–water partition coefficient (Wildman–Crippen LogP) is 3.57. The summed E-state index contributed by atoms with van der Waals surface area (Å²) in [5, 5.41) is 11.4. The monoisotopic (exact) mass is 283 g/mol. The van der Waals surface area contributed by atoms with Crippen molar-refractivity contribution in [3.05, 3.63) is 53.9 Å². The third kappa shape index (κ3) is 6.21. The second-order valence-electron chi connectivity index (χ2n) is 3.94. The molecular formula is C16H17N3O2. The molecule has 0 saturated heterocycles. The van der Waals surface area contributed by atoms with E-state index in [4.69, 9.17) is 10.00 Å². The number of rotatable bonds is 5. The van der Waals surface area contributed by atoms with Crippen molar-refractivity contribution < 1.29 is 9.53 Å². The lowest BCUT2D eigenvalue weighted by atomic mass is 10.3. The fraction of sp³-hybridized carbons (Fsp3) is 0.188. The van der Waals surface area contributed by atoms with Crippen LogP contribution >= 0.6 is 0 Å². The third-order valence-corrected chi connectivity index (χ3v) is 2.37.